The van der Waals surface area contributed by atoms with Gasteiger partial charge in [0.05, 0.1) is 11.1 Å². The van der Waals surface area contributed by atoms with Crippen molar-refractivity contribution in [3.05, 3.63) is 35.4 Å². The molecule has 1 aliphatic carbocycles. The van der Waals surface area contributed by atoms with Crippen LogP contribution in [0.5, 0.6) is 0 Å². The summed E-state index contributed by atoms with van der Waals surface area (Å²) in [6.45, 7) is 0. The van der Waals surface area contributed by atoms with Crippen LogP contribution >= 0.6 is 15.9 Å². The van der Waals surface area contributed by atoms with Gasteiger partial charge in [-0.15, -0.1) is 0 Å². The molecule has 1 aliphatic rings. The van der Waals surface area contributed by atoms with Crippen molar-refractivity contribution in [2.45, 2.75) is 42.7 Å². The highest BCUT2D eigenvalue weighted by Crippen LogP contribution is 2.34. The first kappa shape index (κ1) is 16.3. The Bertz CT molecular complexity index is 518. The van der Waals surface area contributed by atoms with Crippen LogP contribution in [-0.4, -0.2) is 28.7 Å². The Morgan fingerprint density at radius 3 is 2.48 bits per heavy atom. The molecule has 21 heavy (non-hydrogen) atoms. The first-order valence-electron chi connectivity index (χ1n) is 6.90. The minimum Gasteiger partial charge on any atom is -0.338 e. The summed E-state index contributed by atoms with van der Waals surface area (Å²) in [6.07, 6.45) is -0.706. The van der Waals surface area contributed by atoms with Gasteiger partial charge in [-0.2, -0.15) is 13.2 Å². The third-order valence-electron chi connectivity index (χ3n) is 3.93. The molecule has 1 aromatic rings. The summed E-state index contributed by atoms with van der Waals surface area (Å²) in [4.78, 5) is 14.0. The number of amides is 1. The fourth-order valence-corrected chi connectivity index (χ4v) is 3.70. The van der Waals surface area contributed by atoms with E-state index < -0.39 is 17.6 Å². The molecule has 0 heterocycles. The fraction of sp³-hybridized carbons (Fsp3) is 0.533. The van der Waals surface area contributed by atoms with Gasteiger partial charge in [0.15, 0.2) is 0 Å². The summed E-state index contributed by atoms with van der Waals surface area (Å²) in [5.41, 5.74) is -1.15. The second kappa shape index (κ2) is 6.38. The summed E-state index contributed by atoms with van der Waals surface area (Å²) < 4.78 is 39.0. The molecule has 1 fully saturated rings. The van der Waals surface area contributed by atoms with E-state index in [4.69, 9.17) is 0 Å². The Morgan fingerprint density at radius 2 is 1.86 bits per heavy atom. The van der Waals surface area contributed by atoms with Crippen LogP contribution in [0.1, 0.15) is 41.6 Å². The van der Waals surface area contributed by atoms with Crippen molar-refractivity contribution in [1.82, 2.24) is 4.90 Å². The summed E-state index contributed by atoms with van der Waals surface area (Å²) in [7, 11) is 1.58. The molecule has 0 aliphatic heterocycles. The van der Waals surface area contributed by atoms with Crippen LogP contribution in [0.25, 0.3) is 0 Å². The molecule has 0 radical (unpaired) electrons. The van der Waals surface area contributed by atoms with Crippen LogP contribution < -0.4 is 0 Å². The number of hydrogen-bond acceptors (Lipinski definition) is 1. The predicted molar refractivity (Wildman–Crippen MR) is 78.5 cm³/mol. The van der Waals surface area contributed by atoms with Crippen molar-refractivity contribution in [3.8, 4) is 0 Å². The largest absolute Gasteiger partial charge is 0.417 e. The number of hydrogen-bond donors (Lipinski definition) is 0. The van der Waals surface area contributed by atoms with Gasteiger partial charge < -0.3 is 4.90 Å². The van der Waals surface area contributed by atoms with Gasteiger partial charge in [-0.25, -0.2) is 0 Å². The van der Waals surface area contributed by atoms with Gasteiger partial charge >= 0.3 is 6.18 Å². The molecule has 2 rings (SSSR count). The SMILES string of the molecule is CN(C(=O)c1ccccc1C(F)(F)F)C1CCCCC1Br. The number of alkyl halides is 4. The van der Waals surface area contributed by atoms with Crippen LogP contribution in [0.4, 0.5) is 13.2 Å². The molecule has 0 saturated heterocycles. The molecule has 2 unspecified atom stereocenters. The maximum atomic E-state index is 13.0. The first-order valence-corrected chi connectivity index (χ1v) is 7.81. The first-order chi connectivity index (χ1) is 9.82. The normalized spacial score (nSPS) is 22.9. The summed E-state index contributed by atoms with van der Waals surface area (Å²) in [6, 6.07) is 4.89. The Kier molecular flexibility index (Phi) is 4.96. The average Bonchev–Trinajstić information content (AvgIpc) is 2.45. The highest BCUT2D eigenvalue weighted by Gasteiger charge is 2.37. The van der Waals surface area contributed by atoms with E-state index in [2.05, 4.69) is 15.9 Å². The molecule has 0 bridgehead atoms. The Labute approximate surface area is 130 Å². The zero-order valence-corrected chi connectivity index (χ0v) is 13.2. The Morgan fingerprint density at radius 1 is 1.24 bits per heavy atom. The van der Waals surface area contributed by atoms with Gasteiger partial charge in [-0.1, -0.05) is 40.9 Å². The van der Waals surface area contributed by atoms with Gasteiger partial charge in [-0.3, -0.25) is 4.79 Å². The number of benzene rings is 1. The minimum absolute atomic E-state index is 0.0625. The smallest absolute Gasteiger partial charge is 0.338 e. The molecule has 0 spiro atoms. The second-order valence-corrected chi connectivity index (χ2v) is 6.50. The number of nitrogens with zero attached hydrogens (tertiary/aromatic N) is 1. The number of halogens is 4. The maximum Gasteiger partial charge on any atom is 0.417 e. The van der Waals surface area contributed by atoms with Crippen molar-refractivity contribution >= 4 is 21.8 Å². The summed E-state index contributed by atoms with van der Waals surface area (Å²) in [5, 5.41) is 0. The monoisotopic (exact) mass is 363 g/mol. The Hall–Kier alpha value is -1.04. The molecule has 116 valence electrons. The van der Waals surface area contributed by atoms with Gasteiger partial charge in [0.2, 0.25) is 0 Å². The molecule has 1 aromatic carbocycles. The highest BCUT2D eigenvalue weighted by molar-refractivity contribution is 9.09. The molecule has 2 atom stereocenters. The molecular weight excluding hydrogens is 347 g/mol. The molecule has 1 saturated carbocycles. The van der Waals surface area contributed by atoms with Crippen LogP contribution in [0, 0.1) is 0 Å². The van der Waals surface area contributed by atoms with Gasteiger partial charge in [0, 0.05) is 17.9 Å². The standard InChI is InChI=1S/C15H17BrF3NO/c1-20(13-9-5-4-8-12(13)16)14(21)10-6-2-3-7-11(10)15(17,18)19/h2-3,6-7,12-13H,4-5,8-9H2,1H3. The van der Waals surface area contributed by atoms with Crippen LogP contribution in [-0.2, 0) is 6.18 Å². The lowest BCUT2D eigenvalue weighted by Gasteiger charge is -2.35. The second-order valence-electron chi connectivity index (χ2n) is 5.33. The lowest BCUT2D eigenvalue weighted by Crippen LogP contribution is -2.44. The third-order valence-corrected chi connectivity index (χ3v) is 5.00. The third kappa shape index (κ3) is 3.59. The van der Waals surface area contributed by atoms with Crippen molar-refractivity contribution in [1.29, 1.82) is 0 Å². The average molecular weight is 364 g/mol. The van der Waals surface area contributed by atoms with Crippen molar-refractivity contribution < 1.29 is 18.0 Å². The van der Waals surface area contributed by atoms with Crippen LogP contribution in [0.2, 0.25) is 0 Å². The van der Waals surface area contributed by atoms with Crippen molar-refractivity contribution in [3.63, 3.8) is 0 Å². The van der Waals surface area contributed by atoms with E-state index in [0.29, 0.717) is 0 Å². The number of carbonyl (C=O) groups excluding carboxylic acids is 1. The van der Waals surface area contributed by atoms with Gasteiger partial charge in [0.1, 0.15) is 0 Å². The quantitative estimate of drug-likeness (QED) is 0.709. The van der Waals surface area contributed by atoms with E-state index in [-0.39, 0.29) is 16.4 Å². The zero-order chi connectivity index (χ0) is 15.6. The van der Waals surface area contributed by atoms with Gasteiger partial charge in [0.25, 0.3) is 5.91 Å². The van der Waals surface area contributed by atoms with Crippen molar-refractivity contribution in [2.24, 2.45) is 0 Å². The van der Waals surface area contributed by atoms with Crippen molar-refractivity contribution in [2.75, 3.05) is 7.05 Å². The number of rotatable bonds is 2. The maximum absolute atomic E-state index is 13.0. The van der Waals surface area contributed by atoms with Gasteiger partial charge in [-0.05, 0) is 25.0 Å². The lowest BCUT2D eigenvalue weighted by molar-refractivity contribution is -0.138. The fourth-order valence-electron chi connectivity index (χ4n) is 2.76. The van der Waals surface area contributed by atoms with Crippen LogP contribution in [0.15, 0.2) is 24.3 Å². The van der Waals surface area contributed by atoms with E-state index in [0.717, 1.165) is 31.7 Å². The minimum atomic E-state index is -4.52. The zero-order valence-electron chi connectivity index (χ0n) is 11.7. The summed E-state index contributed by atoms with van der Waals surface area (Å²) in [5.74, 6) is -0.570. The van der Waals surface area contributed by atoms with E-state index in [9.17, 15) is 18.0 Å². The predicted octanol–water partition coefficient (Wildman–Crippen LogP) is 4.48. The molecule has 0 aromatic heterocycles. The Balaban J connectivity index is 2.28. The molecular formula is C15H17BrF3NO. The van der Waals surface area contributed by atoms with E-state index in [1.54, 1.807) is 7.05 Å². The summed E-state index contributed by atoms with van der Waals surface area (Å²) >= 11 is 3.54. The molecule has 2 nitrogen and oxygen atoms in total. The van der Waals surface area contributed by atoms with E-state index in [1.165, 1.54) is 23.1 Å². The lowest BCUT2D eigenvalue weighted by atomic mass is 9.93. The van der Waals surface area contributed by atoms with E-state index in [1.807, 2.05) is 0 Å². The molecule has 1 amide bonds. The molecule has 0 N–H and O–H groups in total. The molecule has 6 heteroatoms. The highest BCUT2D eigenvalue weighted by atomic mass is 79.9. The topological polar surface area (TPSA) is 20.3 Å². The van der Waals surface area contributed by atoms with E-state index >= 15 is 0 Å². The number of carbonyl (C=O) groups is 1. The van der Waals surface area contributed by atoms with Crippen LogP contribution in [0.3, 0.4) is 0 Å².